The summed E-state index contributed by atoms with van der Waals surface area (Å²) in [6.45, 7) is 0. The molecule has 1 aliphatic rings. The lowest BCUT2D eigenvalue weighted by Crippen LogP contribution is -2.42. The van der Waals surface area contributed by atoms with Crippen LogP contribution in [-0.4, -0.2) is 48.5 Å². The van der Waals surface area contributed by atoms with Gasteiger partial charge in [0.2, 0.25) is 0 Å². The van der Waals surface area contributed by atoms with Crippen molar-refractivity contribution in [3.05, 3.63) is 18.2 Å². The van der Waals surface area contributed by atoms with Crippen LogP contribution in [0.1, 0.15) is 11.2 Å². The SMILES string of the molecule is Cn1ccnc1[C@H]1SC[C@@H](C(=O)O)N1C(=O)O. The van der Waals surface area contributed by atoms with E-state index in [1.165, 1.54) is 11.8 Å². The molecule has 1 aliphatic heterocycles. The molecule has 0 saturated carbocycles. The maximum absolute atomic E-state index is 11.1. The summed E-state index contributed by atoms with van der Waals surface area (Å²) in [4.78, 5) is 27.1. The molecule has 0 spiro atoms. The zero-order valence-corrected chi connectivity index (χ0v) is 9.79. The van der Waals surface area contributed by atoms with Crippen molar-refractivity contribution in [2.75, 3.05) is 5.75 Å². The van der Waals surface area contributed by atoms with Gasteiger partial charge in [0.1, 0.15) is 17.2 Å². The number of carbonyl (C=O) groups is 2. The van der Waals surface area contributed by atoms with E-state index >= 15 is 0 Å². The van der Waals surface area contributed by atoms with Crippen LogP contribution in [-0.2, 0) is 11.8 Å². The van der Waals surface area contributed by atoms with Gasteiger partial charge in [-0.05, 0) is 0 Å². The van der Waals surface area contributed by atoms with Crippen LogP contribution >= 0.6 is 11.8 Å². The van der Waals surface area contributed by atoms with Crippen molar-refractivity contribution >= 4 is 23.8 Å². The second-order valence-corrected chi connectivity index (χ2v) is 4.74. The van der Waals surface area contributed by atoms with Gasteiger partial charge < -0.3 is 14.8 Å². The van der Waals surface area contributed by atoms with E-state index in [-0.39, 0.29) is 5.75 Å². The summed E-state index contributed by atoms with van der Waals surface area (Å²) in [7, 11) is 1.75. The summed E-state index contributed by atoms with van der Waals surface area (Å²) in [5.41, 5.74) is 0. The average molecular weight is 257 g/mol. The van der Waals surface area contributed by atoms with Gasteiger partial charge in [-0.1, -0.05) is 0 Å². The molecule has 2 heterocycles. The van der Waals surface area contributed by atoms with Crippen LogP contribution in [0.2, 0.25) is 0 Å². The molecule has 0 aliphatic carbocycles. The minimum Gasteiger partial charge on any atom is -0.480 e. The zero-order valence-electron chi connectivity index (χ0n) is 8.98. The number of aliphatic carboxylic acids is 1. The number of aryl methyl sites for hydroxylation is 1. The first-order valence-electron chi connectivity index (χ1n) is 4.85. The van der Waals surface area contributed by atoms with E-state index in [4.69, 9.17) is 10.2 Å². The third-order valence-electron chi connectivity index (χ3n) is 2.59. The van der Waals surface area contributed by atoms with E-state index in [2.05, 4.69) is 4.98 Å². The lowest BCUT2D eigenvalue weighted by molar-refractivity contribution is -0.141. The molecule has 7 nitrogen and oxygen atoms in total. The predicted octanol–water partition coefficient (Wildman–Crippen LogP) is 0.599. The summed E-state index contributed by atoms with van der Waals surface area (Å²) in [5.74, 6) is -0.350. The standard InChI is InChI=1S/C9H11N3O4S/c1-11-3-2-10-6(11)7-12(9(15)16)5(4-17-7)8(13)14/h2-3,5,7H,4H2,1H3,(H,13,14)(H,15,16)/t5-,7+/m0/s1. The zero-order chi connectivity index (χ0) is 12.6. The van der Waals surface area contributed by atoms with Gasteiger partial charge in [-0.15, -0.1) is 11.8 Å². The Morgan fingerprint density at radius 1 is 1.53 bits per heavy atom. The number of rotatable bonds is 2. The highest BCUT2D eigenvalue weighted by Crippen LogP contribution is 2.40. The van der Waals surface area contributed by atoms with Crippen LogP contribution in [0.15, 0.2) is 12.4 Å². The summed E-state index contributed by atoms with van der Waals surface area (Å²) < 4.78 is 1.69. The highest BCUT2D eigenvalue weighted by atomic mass is 32.2. The largest absolute Gasteiger partial charge is 0.480 e. The molecule has 1 aromatic heterocycles. The van der Waals surface area contributed by atoms with Gasteiger partial charge in [0.05, 0.1) is 0 Å². The van der Waals surface area contributed by atoms with Crippen LogP contribution in [0.5, 0.6) is 0 Å². The molecule has 8 heteroatoms. The van der Waals surface area contributed by atoms with Crippen LogP contribution in [0.4, 0.5) is 4.79 Å². The Hall–Kier alpha value is -1.70. The van der Waals surface area contributed by atoms with Crippen molar-refractivity contribution in [2.45, 2.75) is 11.4 Å². The number of hydrogen-bond acceptors (Lipinski definition) is 4. The Bertz CT molecular complexity index is 461. The minimum absolute atomic E-state index is 0.235. The van der Waals surface area contributed by atoms with Gasteiger partial charge in [0.15, 0.2) is 0 Å². The molecule has 1 aromatic rings. The molecule has 92 valence electrons. The van der Waals surface area contributed by atoms with Crippen molar-refractivity contribution in [1.82, 2.24) is 14.5 Å². The highest BCUT2D eigenvalue weighted by Gasteiger charge is 2.44. The summed E-state index contributed by atoms with van der Waals surface area (Å²) in [5, 5.41) is 17.5. The molecular formula is C9H11N3O4S. The van der Waals surface area contributed by atoms with E-state index in [0.717, 1.165) is 4.90 Å². The smallest absolute Gasteiger partial charge is 0.409 e. The Labute approximate surface area is 101 Å². The van der Waals surface area contributed by atoms with Crippen molar-refractivity contribution in [2.24, 2.45) is 7.05 Å². The third-order valence-corrected chi connectivity index (χ3v) is 3.85. The Morgan fingerprint density at radius 3 is 2.71 bits per heavy atom. The number of nitrogens with zero attached hydrogens (tertiary/aromatic N) is 3. The summed E-state index contributed by atoms with van der Waals surface area (Å²) in [6, 6.07) is -1.01. The number of carboxylic acid groups (broad SMARTS) is 2. The molecule has 2 rings (SSSR count). The highest BCUT2D eigenvalue weighted by molar-refractivity contribution is 7.99. The number of aromatic nitrogens is 2. The maximum Gasteiger partial charge on any atom is 0.409 e. The lowest BCUT2D eigenvalue weighted by atomic mass is 10.3. The number of imidazole rings is 1. The van der Waals surface area contributed by atoms with Crippen LogP contribution in [0.25, 0.3) is 0 Å². The average Bonchev–Trinajstić information content (AvgIpc) is 2.82. The van der Waals surface area contributed by atoms with Crippen molar-refractivity contribution in [3.8, 4) is 0 Å². The molecule has 0 radical (unpaired) electrons. The lowest BCUT2D eigenvalue weighted by Gasteiger charge is -2.23. The molecule has 0 bridgehead atoms. The van der Waals surface area contributed by atoms with E-state index in [0.29, 0.717) is 5.82 Å². The van der Waals surface area contributed by atoms with Crippen molar-refractivity contribution in [3.63, 3.8) is 0 Å². The van der Waals surface area contributed by atoms with E-state index in [1.807, 2.05) is 0 Å². The van der Waals surface area contributed by atoms with E-state index in [9.17, 15) is 9.59 Å². The molecule has 17 heavy (non-hydrogen) atoms. The number of hydrogen-bond donors (Lipinski definition) is 2. The molecule has 1 fully saturated rings. The van der Waals surface area contributed by atoms with E-state index in [1.54, 1.807) is 24.0 Å². The van der Waals surface area contributed by atoms with Crippen LogP contribution in [0, 0.1) is 0 Å². The number of carboxylic acids is 1. The normalized spacial score (nSPS) is 23.9. The first kappa shape index (κ1) is 11.8. The van der Waals surface area contributed by atoms with E-state index < -0.39 is 23.5 Å². The number of amides is 1. The van der Waals surface area contributed by atoms with Gasteiger partial charge in [0, 0.05) is 25.2 Å². The second kappa shape index (κ2) is 4.28. The first-order chi connectivity index (χ1) is 8.02. The fourth-order valence-electron chi connectivity index (χ4n) is 1.74. The Morgan fingerprint density at radius 2 is 2.24 bits per heavy atom. The Balaban J connectivity index is 2.33. The minimum atomic E-state index is -1.24. The van der Waals surface area contributed by atoms with Gasteiger partial charge >= 0.3 is 12.1 Å². The summed E-state index contributed by atoms with van der Waals surface area (Å²) in [6.07, 6.45) is 2.02. The van der Waals surface area contributed by atoms with Gasteiger partial charge in [0.25, 0.3) is 0 Å². The molecule has 2 atom stereocenters. The van der Waals surface area contributed by atoms with Crippen molar-refractivity contribution < 1.29 is 19.8 Å². The fourth-order valence-corrected chi connectivity index (χ4v) is 3.19. The summed E-state index contributed by atoms with van der Waals surface area (Å²) >= 11 is 1.27. The molecular weight excluding hydrogens is 246 g/mol. The van der Waals surface area contributed by atoms with Gasteiger partial charge in [-0.3, -0.25) is 4.90 Å². The topological polar surface area (TPSA) is 95.7 Å². The predicted molar refractivity (Wildman–Crippen MR) is 59.7 cm³/mol. The quantitative estimate of drug-likeness (QED) is 0.805. The maximum atomic E-state index is 11.1. The monoisotopic (exact) mass is 257 g/mol. The Kier molecular flexibility index (Phi) is 2.97. The molecule has 0 unspecified atom stereocenters. The fraction of sp³-hybridized carbons (Fsp3) is 0.444. The van der Waals surface area contributed by atoms with Gasteiger partial charge in [-0.25, -0.2) is 14.6 Å². The van der Waals surface area contributed by atoms with Crippen molar-refractivity contribution in [1.29, 1.82) is 0 Å². The number of thioether (sulfide) groups is 1. The first-order valence-corrected chi connectivity index (χ1v) is 5.90. The van der Waals surface area contributed by atoms with Crippen LogP contribution in [0.3, 0.4) is 0 Å². The molecule has 2 N–H and O–H groups in total. The third kappa shape index (κ3) is 1.95. The molecule has 0 aromatic carbocycles. The second-order valence-electron chi connectivity index (χ2n) is 3.63. The molecule has 1 saturated heterocycles. The van der Waals surface area contributed by atoms with Crippen LogP contribution < -0.4 is 0 Å². The molecule has 1 amide bonds. The van der Waals surface area contributed by atoms with Gasteiger partial charge in [-0.2, -0.15) is 0 Å².